The summed E-state index contributed by atoms with van der Waals surface area (Å²) >= 11 is 5.92. The van der Waals surface area contributed by atoms with Gasteiger partial charge in [0.25, 0.3) is 0 Å². The largest absolute Gasteiger partial charge is 0.478 e. The maximum Gasteiger partial charge on any atom is 0.432 e. The molecule has 23 heavy (non-hydrogen) atoms. The summed E-state index contributed by atoms with van der Waals surface area (Å²) in [6.07, 6.45) is -4.54. The average Bonchev–Trinajstić information content (AvgIpc) is 2.44. The Morgan fingerprint density at radius 2 is 2.09 bits per heavy atom. The molecule has 7 heteroatoms. The molecule has 2 rings (SSSR count). The van der Waals surface area contributed by atoms with Gasteiger partial charge in [0.15, 0.2) is 0 Å². The van der Waals surface area contributed by atoms with Crippen LogP contribution in [0.3, 0.4) is 0 Å². The monoisotopic (exact) mass is 344 g/mol. The van der Waals surface area contributed by atoms with Crippen LogP contribution in [0.1, 0.15) is 31.4 Å². The quantitative estimate of drug-likeness (QED) is 0.814. The lowest BCUT2D eigenvalue weighted by molar-refractivity contribution is -0.236. The first kappa shape index (κ1) is 17.2. The summed E-state index contributed by atoms with van der Waals surface area (Å²) in [6, 6.07) is 2.73. The molecule has 1 aliphatic rings. The number of carbonyl (C=O) groups is 1. The van der Waals surface area contributed by atoms with E-state index in [4.69, 9.17) is 16.3 Å². The summed E-state index contributed by atoms with van der Waals surface area (Å²) < 4.78 is 46.0. The highest BCUT2D eigenvalue weighted by Gasteiger charge is 2.62. The van der Waals surface area contributed by atoms with Gasteiger partial charge in [0, 0.05) is 10.6 Å². The predicted octanol–water partition coefficient (Wildman–Crippen LogP) is 4.28. The van der Waals surface area contributed by atoms with Crippen molar-refractivity contribution in [3.8, 4) is 17.6 Å². The zero-order valence-corrected chi connectivity index (χ0v) is 13.0. The van der Waals surface area contributed by atoms with Gasteiger partial charge in [-0.3, -0.25) is 0 Å². The second-order valence-corrected chi connectivity index (χ2v) is 5.33. The molecule has 0 saturated carbocycles. The predicted molar refractivity (Wildman–Crippen MR) is 79.3 cm³/mol. The van der Waals surface area contributed by atoms with Crippen molar-refractivity contribution in [2.45, 2.75) is 32.0 Å². The van der Waals surface area contributed by atoms with Crippen molar-refractivity contribution < 1.29 is 27.8 Å². The molecule has 0 saturated heterocycles. The molecule has 0 aromatic heterocycles. The lowest BCUT2D eigenvalue weighted by Gasteiger charge is -2.39. The van der Waals surface area contributed by atoms with E-state index in [0.717, 1.165) is 6.08 Å². The summed E-state index contributed by atoms with van der Waals surface area (Å²) in [4.78, 5) is 11.4. The first-order chi connectivity index (χ1) is 10.7. The Morgan fingerprint density at radius 3 is 2.57 bits per heavy atom. The highest BCUT2D eigenvalue weighted by Crippen LogP contribution is 2.48. The van der Waals surface area contributed by atoms with E-state index in [1.807, 2.05) is 0 Å². The van der Waals surface area contributed by atoms with Crippen molar-refractivity contribution in [3.05, 3.63) is 33.9 Å². The third-order valence-electron chi connectivity index (χ3n) is 3.54. The van der Waals surface area contributed by atoms with Gasteiger partial charge in [-0.1, -0.05) is 24.4 Å². The molecule has 0 radical (unpaired) electrons. The molecule has 0 aliphatic carbocycles. The van der Waals surface area contributed by atoms with Gasteiger partial charge in [-0.15, -0.1) is 5.92 Å². The maximum atomic E-state index is 13.6. The lowest BCUT2D eigenvalue weighted by atomic mass is 9.85. The molecule has 1 N–H and O–H groups in total. The number of rotatable bonds is 2. The lowest BCUT2D eigenvalue weighted by Crippen LogP contribution is -2.54. The number of fused-ring (bicyclic) bond motifs is 1. The summed E-state index contributed by atoms with van der Waals surface area (Å²) in [7, 11) is 0. The Kier molecular flexibility index (Phi) is 4.36. The molecule has 1 atom stereocenters. The Hall–Kier alpha value is -2.13. The molecular formula is C16H12ClF3O3. The molecule has 1 aliphatic heterocycles. The molecule has 0 amide bonds. The summed E-state index contributed by atoms with van der Waals surface area (Å²) in [5.74, 6) is 3.39. The molecule has 122 valence electrons. The molecule has 1 heterocycles. The van der Waals surface area contributed by atoms with E-state index in [1.54, 1.807) is 0 Å². The van der Waals surface area contributed by atoms with Gasteiger partial charge in [0.05, 0.1) is 11.1 Å². The molecule has 0 bridgehead atoms. The molecule has 0 spiro atoms. The van der Waals surface area contributed by atoms with E-state index in [1.165, 1.54) is 26.0 Å². The van der Waals surface area contributed by atoms with Crippen LogP contribution in [0.4, 0.5) is 13.2 Å². The van der Waals surface area contributed by atoms with Crippen molar-refractivity contribution >= 4 is 23.6 Å². The first-order valence-electron chi connectivity index (χ1n) is 6.63. The van der Waals surface area contributed by atoms with E-state index in [9.17, 15) is 23.1 Å². The third-order valence-corrected chi connectivity index (χ3v) is 3.76. The van der Waals surface area contributed by atoms with E-state index in [2.05, 4.69) is 11.8 Å². The van der Waals surface area contributed by atoms with Crippen molar-refractivity contribution in [2.75, 3.05) is 0 Å². The summed E-state index contributed by atoms with van der Waals surface area (Å²) in [5.41, 5.74) is -3.47. The molecule has 1 aromatic carbocycles. The van der Waals surface area contributed by atoms with Crippen molar-refractivity contribution in [3.63, 3.8) is 0 Å². The Bertz CT molecular complexity index is 756. The topological polar surface area (TPSA) is 46.5 Å². The fourth-order valence-corrected chi connectivity index (χ4v) is 2.70. The van der Waals surface area contributed by atoms with Crippen molar-refractivity contribution in [2.24, 2.45) is 0 Å². The average molecular weight is 345 g/mol. The number of carboxylic acid groups (broad SMARTS) is 1. The van der Waals surface area contributed by atoms with E-state index < -0.39 is 29.7 Å². The minimum Gasteiger partial charge on any atom is -0.478 e. The first-order valence-corrected chi connectivity index (χ1v) is 7.01. The maximum absolute atomic E-state index is 13.6. The van der Waals surface area contributed by atoms with Crippen LogP contribution in [0.25, 0.3) is 6.08 Å². The van der Waals surface area contributed by atoms with Crippen LogP contribution in [0, 0.1) is 11.8 Å². The van der Waals surface area contributed by atoms with Crippen LogP contribution in [0.2, 0.25) is 5.02 Å². The number of aliphatic carboxylic acids is 1. The third kappa shape index (κ3) is 2.77. The van der Waals surface area contributed by atoms with Crippen LogP contribution in [0.15, 0.2) is 17.7 Å². The molecule has 1 unspecified atom stereocenters. The van der Waals surface area contributed by atoms with Gasteiger partial charge in [-0.25, -0.2) is 4.79 Å². The number of benzene rings is 1. The Balaban J connectivity index is 2.82. The highest BCUT2D eigenvalue weighted by molar-refractivity contribution is 6.31. The second-order valence-electron chi connectivity index (χ2n) is 4.89. The van der Waals surface area contributed by atoms with Gasteiger partial charge in [0.2, 0.25) is 5.60 Å². The smallest absolute Gasteiger partial charge is 0.432 e. The Morgan fingerprint density at radius 1 is 1.43 bits per heavy atom. The number of hydrogen-bond acceptors (Lipinski definition) is 2. The standard InChI is InChI=1S/C16H12ClF3O3/c1-3-5-9-6-11(17)7-10-8-12(14(21)22)15(4-2,16(18,19)20)23-13(9)10/h6-8H,4H2,1-2H3,(H,21,22). The van der Waals surface area contributed by atoms with Crippen LogP contribution >= 0.6 is 11.6 Å². The second kappa shape index (κ2) is 5.82. The Labute approximate surface area is 135 Å². The SMILES string of the molecule is CC#Cc1cc(Cl)cc2c1OC(CC)(C(F)(F)F)C(C(=O)O)=C2. The molecular weight excluding hydrogens is 333 g/mol. The number of carboxylic acids is 1. The van der Waals surface area contributed by atoms with Crippen LogP contribution < -0.4 is 4.74 Å². The van der Waals surface area contributed by atoms with Gasteiger partial charge in [-0.2, -0.15) is 13.2 Å². The summed E-state index contributed by atoms with van der Waals surface area (Å²) in [6.45, 7) is 2.74. The van der Waals surface area contributed by atoms with Gasteiger partial charge < -0.3 is 9.84 Å². The van der Waals surface area contributed by atoms with Crippen LogP contribution in [-0.4, -0.2) is 22.9 Å². The summed E-state index contributed by atoms with van der Waals surface area (Å²) in [5, 5.41) is 9.45. The number of halogens is 4. The van der Waals surface area contributed by atoms with E-state index in [0.29, 0.717) is 0 Å². The molecule has 0 fully saturated rings. The van der Waals surface area contributed by atoms with Crippen molar-refractivity contribution in [1.82, 2.24) is 0 Å². The molecule has 3 nitrogen and oxygen atoms in total. The van der Waals surface area contributed by atoms with Gasteiger partial charge >= 0.3 is 12.1 Å². The van der Waals surface area contributed by atoms with E-state index in [-0.39, 0.29) is 21.9 Å². The zero-order chi connectivity index (χ0) is 17.4. The highest BCUT2D eigenvalue weighted by atomic mass is 35.5. The minimum absolute atomic E-state index is 0.118. The normalized spacial score (nSPS) is 19.8. The fourth-order valence-electron chi connectivity index (χ4n) is 2.47. The number of hydrogen-bond donors (Lipinski definition) is 1. The van der Waals surface area contributed by atoms with Crippen LogP contribution in [0.5, 0.6) is 5.75 Å². The van der Waals surface area contributed by atoms with Crippen molar-refractivity contribution in [1.29, 1.82) is 0 Å². The number of alkyl halides is 3. The fraction of sp³-hybridized carbons (Fsp3) is 0.312. The minimum atomic E-state index is -4.90. The molecule has 1 aromatic rings. The zero-order valence-electron chi connectivity index (χ0n) is 12.2. The van der Waals surface area contributed by atoms with Gasteiger partial charge in [-0.05, 0) is 31.6 Å². The number of ether oxygens (including phenoxy) is 1. The van der Waals surface area contributed by atoms with Crippen LogP contribution in [-0.2, 0) is 4.79 Å². The van der Waals surface area contributed by atoms with E-state index >= 15 is 0 Å². The van der Waals surface area contributed by atoms with Gasteiger partial charge in [0.1, 0.15) is 5.75 Å².